The molecule has 0 N–H and O–H groups in total. The predicted molar refractivity (Wildman–Crippen MR) is 56.9 cm³/mol. The van der Waals surface area contributed by atoms with Crippen LogP contribution in [0.15, 0.2) is 18.6 Å². The molecule has 3 fully saturated rings. The third kappa shape index (κ3) is 0.917. The first-order chi connectivity index (χ1) is 7.69. The van der Waals surface area contributed by atoms with Crippen molar-refractivity contribution >= 4 is 11.2 Å². The second kappa shape index (κ2) is 2.43. The number of nitrogens with zero attached hydrogens (tertiary/aromatic N) is 4. The van der Waals surface area contributed by atoms with Crippen LogP contribution in [0.2, 0.25) is 0 Å². The van der Waals surface area contributed by atoms with Crippen LogP contribution >= 0.6 is 0 Å². The topological polar surface area (TPSA) is 52.8 Å². The molecule has 1 aliphatic carbocycles. The molecule has 0 atom stereocenters. The summed E-state index contributed by atoms with van der Waals surface area (Å²) in [6.45, 7) is 2.93. The predicted octanol–water partition coefficient (Wildman–Crippen LogP) is 1.10. The average Bonchev–Trinajstić information content (AvgIpc) is 2.86. The Bertz CT molecular complexity index is 537. The minimum absolute atomic E-state index is 0.0666. The fourth-order valence-corrected chi connectivity index (χ4v) is 3.08. The number of aromatic nitrogens is 4. The van der Waals surface area contributed by atoms with E-state index in [1.165, 1.54) is 0 Å². The lowest BCUT2D eigenvalue weighted by molar-refractivity contribution is 0.00382. The summed E-state index contributed by atoms with van der Waals surface area (Å²) in [5, 5.41) is 4.50. The van der Waals surface area contributed by atoms with E-state index >= 15 is 0 Å². The van der Waals surface area contributed by atoms with Crippen LogP contribution in [0.5, 0.6) is 0 Å². The molecule has 82 valence electrons. The van der Waals surface area contributed by atoms with Crippen LogP contribution in [-0.2, 0) is 10.3 Å². The van der Waals surface area contributed by atoms with Crippen molar-refractivity contribution in [3.63, 3.8) is 0 Å². The Balaban J connectivity index is 1.83. The van der Waals surface area contributed by atoms with Gasteiger partial charge in [-0.1, -0.05) is 0 Å². The monoisotopic (exact) mass is 216 g/mol. The molecular weight excluding hydrogens is 204 g/mol. The Morgan fingerprint density at radius 1 is 1.31 bits per heavy atom. The Hall–Kier alpha value is -1.49. The molecule has 2 aromatic heterocycles. The largest absolute Gasteiger partial charge is 0.373 e. The minimum atomic E-state index is 0.0666. The van der Waals surface area contributed by atoms with E-state index in [4.69, 9.17) is 4.74 Å². The van der Waals surface area contributed by atoms with Crippen LogP contribution in [0.25, 0.3) is 11.2 Å². The van der Waals surface area contributed by atoms with Crippen molar-refractivity contribution in [3.05, 3.63) is 18.6 Å². The van der Waals surface area contributed by atoms with Gasteiger partial charge in [0.2, 0.25) is 0 Å². The standard InChI is InChI=1S/C11H12N4O/c1-10-5-11(6-10,7-16-10)15-4-8-9(14-15)13-3-2-12-8/h2-4H,5-7H2,1H3. The zero-order valence-electron chi connectivity index (χ0n) is 9.05. The summed E-state index contributed by atoms with van der Waals surface area (Å²) in [5.41, 5.74) is 1.73. The van der Waals surface area contributed by atoms with Gasteiger partial charge in [-0.2, -0.15) is 0 Å². The number of ether oxygens (including phenoxy) is 1. The normalized spacial score (nSPS) is 36.6. The molecule has 2 aliphatic heterocycles. The Morgan fingerprint density at radius 3 is 2.81 bits per heavy atom. The summed E-state index contributed by atoms with van der Waals surface area (Å²) in [4.78, 5) is 8.46. The first kappa shape index (κ1) is 8.64. The van der Waals surface area contributed by atoms with Crippen molar-refractivity contribution in [3.8, 4) is 0 Å². The fraction of sp³-hybridized carbons (Fsp3) is 0.545. The van der Waals surface area contributed by atoms with Crippen molar-refractivity contribution in [2.45, 2.75) is 30.9 Å². The van der Waals surface area contributed by atoms with Gasteiger partial charge in [0.25, 0.3) is 0 Å². The van der Waals surface area contributed by atoms with Gasteiger partial charge < -0.3 is 4.74 Å². The van der Waals surface area contributed by atoms with Gasteiger partial charge in [0.05, 0.1) is 23.9 Å². The molecule has 0 amide bonds. The molecule has 2 aromatic rings. The quantitative estimate of drug-likeness (QED) is 0.716. The number of rotatable bonds is 1. The molecule has 5 heteroatoms. The van der Waals surface area contributed by atoms with Crippen molar-refractivity contribution in [2.24, 2.45) is 0 Å². The van der Waals surface area contributed by atoms with Crippen LogP contribution in [-0.4, -0.2) is 32.0 Å². The minimum Gasteiger partial charge on any atom is -0.373 e. The van der Waals surface area contributed by atoms with E-state index in [9.17, 15) is 0 Å². The highest BCUT2D eigenvalue weighted by Crippen LogP contribution is 2.55. The highest BCUT2D eigenvalue weighted by atomic mass is 16.5. The summed E-state index contributed by atoms with van der Waals surface area (Å²) < 4.78 is 7.77. The van der Waals surface area contributed by atoms with Crippen molar-refractivity contribution in [1.82, 2.24) is 19.7 Å². The van der Waals surface area contributed by atoms with Crippen LogP contribution in [0, 0.1) is 0 Å². The van der Waals surface area contributed by atoms with Gasteiger partial charge >= 0.3 is 0 Å². The van der Waals surface area contributed by atoms with Gasteiger partial charge in [0.1, 0.15) is 5.52 Å². The van der Waals surface area contributed by atoms with Crippen LogP contribution in [0.1, 0.15) is 19.8 Å². The zero-order chi connectivity index (χ0) is 10.8. The molecule has 0 unspecified atom stereocenters. The summed E-state index contributed by atoms with van der Waals surface area (Å²) in [6.07, 6.45) is 7.45. The Labute approximate surface area is 92.5 Å². The van der Waals surface area contributed by atoms with Gasteiger partial charge in [-0.3, -0.25) is 4.68 Å². The first-order valence-corrected chi connectivity index (χ1v) is 5.50. The maximum Gasteiger partial charge on any atom is 0.199 e. The number of fused-ring (bicyclic) bond motifs is 2. The van der Waals surface area contributed by atoms with Crippen molar-refractivity contribution < 1.29 is 4.74 Å². The molecule has 2 saturated heterocycles. The molecule has 0 aromatic carbocycles. The van der Waals surface area contributed by atoms with E-state index in [1.807, 2.05) is 10.9 Å². The molecule has 1 saturated carbocycles. The maximum absolute atomic E-state index is 5.77. The van der Waals surface area contributed by atoms with Crippen LogP contribution < -0.4 is 0 Å². The highest BCUT2D eigenvalue weighted by molar-refractivity contribution is 5.68. The zero-order valence-corrected chi connectivity index (χ0v) is 9.05. The second-order valence-electron chi connectivity index (χ2n) is 5.16. The van der Waals surface area contributed by atoms with E-state index in [0.717, 1.165) is 30.6 Å². The molecule has 2 bridgehead atoms. The van der Waals surface area contributed by atoms with Crippen molar-refractivity contribution in [1.29, 1.82) is 0 Å². The highest BCUT2D eigenvalue weighted by Gasteiger charge is 2.61. The molecular formula is C11H12N4O. The van der Waals surface area contributed by atoms with E-state index < -0.39 is 0 Å². The van der Waals surface area contributed by atoms with Gasteiger partial charge in [0.15, 0.2) is 5.65 Å². The summed E-state index contributed by atoms with van der Waals surface area (Å²) in [7, 11) is 0. The van der Waals surface area contributed by atoms with Gasteiger partial charge in [-0.15, -0.1) is 5.10 Å². The van der Waals surface area contributed by atoms with E-state index in [1.54, 1.807) is 12.4 Å². The molecule has 5 rings (SSSR count). The molecule has 16 heavy (non-hydrogen) atoms. The van der Waals surface area contributed by atoms with E-state index in [2.05, 4.69) is 22.0 Å². The lowest BCUT2D eigenvalue weighted by atomic mass is 9.69. The second-order valence-corrected chi connectivity index (χ2v) is 5.16. The number of hydrogen-bond acceptors (Lipinski definition) is 4. The fourth-order valence-electron chi connectivity index (χ4n) is 3.08. The molecule has 0 radical (unpaired) electrons. The molecule has 5 nitrogen and oxygen atoms in total. The lowest BCUT2D eigenvalue weighted by Gasteiger charge is -2.42. The molecule has 3 aliphatic rings. The van der Waals surface area contributed by atoms with Crippen LogP contribution in [0.3, 0.4) is 0 Å². The van der Waals surface area contributed by atoms with Crippen LogP contribution in [0.4, 0.5) is 0 Å². The summed E-state index contributed by atoms with van der Waals surface area (Å²) >= 11 is 0. The summed E-state index contributed by atoms with van der Waals surface area (Å²) in [6, 6.07) is 0. The number of hydrogen-bond donors (Lipinski definition) is 0. The Kier molecular flexibility index (Phi) is 1.31. The lowest BCUT2D eigenvalue weighted by Crippen LogP contribution is -2.49. The third-order valence-electron chi connectivity index (χ3n) is 3.73. The maximum atomic E-state index is 5.77. The summed E-state index contributed by atoms with van der Waals surface area (Å²) in [5.74, 6) is 0. The van der Waals surface area contributed by atoms with Gasteiger partial charge in [-0.05, 0) is 6.92 Å². The SMILES string of the molecule is CC12CC(n3cc4nccnc4n3)(CO1)C2. The third-order valence-corrected chi connectivity index (χ3v) is 3.73. The Morgan fingerprint density at radius 2 is 2.12 bits per heavy atom. The first-order valence-electron chi connectivity index (χ1n) is 5.50. The molecule has 0 spiro atoms. The van der Waals surface area contributed by atoms with Gasteiger partial charge in [0, 0.05) is 25.2 Å². The van der Waals surface area contributed by atoms with E-state index in [-0.39, 0.29) is 11.1 Å². The smallest absolute Gasteiger partial charge is 0.199 e. The van der Waals surface area contributed by atoms with Gasteiger partial charge in [-0.25, -0.2) is 9.97 Å². The van der Waals surface area contributed by atoms with Crippen molar-refractivity contribution in [2.75, 3.05) is 6.61 Å². The average molecular weight is 216 g/mol. The van der Waals surface area contributed by atoms with E-state index in [0.29, 0.717) is 0 Å². The molecule has 4 heterocycles.